The molecule has 0 spiro atoms. The summed E-state index contributed by atoms with van der Waals surface area (Å²) < 4.78 is 0. The SMILES string of the molecule is C1=CCC(CNc2ccccc2)=C1. The van der Waals surface area contributed by atoms with Gasteiger partial charge in [-0.05, 0) is 24.1 Å². The number of nitrogens with one attached hydrogen (secondary N) is 1. The smallest absolute Gasteiger partial charge is 0.0366 e. The molecule has 66 valence electrons. The summed E-state index contributed by atoms with van der Waals surface area (Å²) >= 11 is 0. The predicted molar refractivity (Wildman–Crippen MR) is 56.8 cm³/mol. The topological polar surface area (TPSA) is 12.0 Å². The van der Waals surface area contributed by atoms with E-state index in [-0.39, 0.29) is 0 Å². The van der Waals surface area contributed by atoms with Crippen LogP contribution in [0.1, 0.15) is 6.42 Å². The molecule has 1 aromatic carbocycles. The summed E-state index contributed by atoms with van der Waals surface area (Å²) in [6, 6.07) is 10.3. The molecule has 0 saturated heterocycles. The lowest BCUT2D eigenvalue weighted by Crippen LogP contribution is -2.02. The lowest BCUT2D eigenvalue weighted by molar-refractivity contribution is 1.14. The molecule has 1 aromatic rings. The Hall–Kier alpha value is -1.50. The van der Waals surface area contributed by atoms with Gasteiger partial charge < -0.3 is 5.32 Å². The summed E-state index contributed by atoms with van der Waals surface area (Å²) in [4.78, 5) is 0. The van der Waals surface area contributed by atoms with Crippen molar-refractivity contribution in [1.29, 1.82) is 0 Å². The third-order valence-corrected chi connectivity index (χ3v) is 2.14. The molecule has 0 heterocycles. The first-order chi connectivity index (χ1) is 6.45. The van der Waals surface area contributed by atoms with E-state index in [0.717, 1.165) is 13.0 Å². The summed E-state index contributed by atoms with van der Waals surface area (Å²) in [5, 5.41) is 3.38. The molecule has 0 unspecified atom stereocenters. The quantitative estimate of drug-likeness (QED) is 0.737. The molecular weight excluding hydrogens is 158 g/mol. The van der Waals surface area contributed by atoms with Crippen molar-refractivity contribution in [2.45, 2.75) is 6.42 Å². The molecule has 1 heteroatoms. The van der Waals surface area contributed by atoms with E-state index in [9.17, 15) is 0 Å². The fraction of sp³-hybridized carbons (Fsp3) is 0.167. The van der Waals surface area contributed by atoms with Crippen LogP contribution in [0.5, 0.6) is 0 Å². The Morgan fingerprint density at radius 1 is 1.15 bits per heavy atom. The minimum atomic E-state index is 0.955. The molecule has 2 rings (SSSR count). The molecule has 0 aliphatic heterocycles. The number of para-hydroxylation sites is 1. The molecular formula is C12H13N. The van der Waals surface area contributed by atoms with E-state index < -0.39 is 0 Å². The first-order valence-corrected chi connectivity index (χ1v) is 4.58. The Morgan fingerprint density at radius 3 is 2.69 bits per heavy atom. The van der Waals surface area contributed by atoms with Gasteiger partial charge >= 0.3 is 0 Å². The van der Waals surface area contributed by atoms with Gasteiger partial charge in [0.15, 0.2) is 0 Å². The number of benzene rings is 1. The highest BCUT2D eigenvalue weighted by Gasteiger charge is 1.97. The van der Waals surface area contributed by atoms with E-state index in [2.05, 4.69) is 35.7 Å². The first-order valence-electron chi connectivity index (χ1n) is 4.58. The molecule has 1 aliphatic rings. The normalized spacial score (nSPS) is 14.3. The van der Waals surface area contributed by atoms with Crippen molar-refractivity contribution in [1.82, 2.24) is 0 Å². The van der Waals surface area contributed by atoms with Crippen LogP contribution in [0.25, 0.3) is 0 Å². The molecule has 0 radical (unpaired) electrons. The zero-order valence-electron chi connectivity index (χ0n) is 7.53. The largest absolute Gasteiger partial charge is 0.381 e. The molecule has 0 bridgehead atoms. The van der Waals surface area contributed by atoms with Crippen LogP contribution in [-0.4, -0.2) is 6.54 Å². The minimum Gasteiger partial charge on any atom is -0.381 e. The molecule has 0 fully saturated rings. The van der Waals surface area contributed by atoms with Gasteiger partial charge in [-0.2, -0.15) is 0 Å². The molecule has 0 atom stereocenters. The van der Waals surface area contributed by atoms with Crippen molar-refractivity contribution < 1.29 is 0 Å². The molecule has 0 aromatic heterocycles. The summed E-state index contributed by atoms with van der Waals surface area (Å²) in [6.45, 7) is 0.955. The van der Waals surface area contributed by atoms with E-state index in [1.807, 2.05) is 18.2 Å². The maximum absolute atomic E-state index is 3.38. The Kier molecular flexibility index (Phi) is 2.46. The van der Waals surface area contributed by atoms with Gasteiger partial charge in [0.2, 0.25) is 0 Å². The Bertz CT molecular complexity index is 322. The lowest BCUT2D eigenvalue weighted by Gasteiger charge is -2.05. The van der Waals surface area contributed by atoms with Crippen LogP contribution in [0, 0.1) is 0 Å². The van der Waals surface area contributed by atoms with Crippen LogP contribution in [-0.2, 0) is 0 Å². The van der Waals surface area contributed by atoms with Crippen LogP contribution in [0.3, 0.4) is 0 Å². The molecule has 0 amide bonds. The van der Waals surface area contributed by atoms with Gasteiger partial charge in [-0.25, -0.2) is 0 Å². The van der Waals surface area contributed by atoms with Crippen LogP contribution in [0.4, 0.5) is 5.69 Å². The summed E-state index contributed by atoms with van der Waals surface area (Å²) in [5.41, 5.74) is 2.64. The highest BCUT2D eigenvalue weighted by atomic mass is 14.9. The number of allylic oxidation sites excluding steroid dienone is 3. The molecule has 0 saturated carbocycles. The maximum atomic E-state index is 3.38. The number of hydrogen-bond donors (Lipinski definition) is 1. The predicted octanol–water partition coefficient (Wildman–Crippen LogP) is 2.98. The van der Waals surface area contributed by atoms with Crippen LogP contribution < -0.4 is 5.32 Å². The van der Waals surface area contributed by atoms with E-state index >= 15 is 0 Å². The van der Waals surface area contributed by atoms with Crippen LogP contribution in [0.15, 0.2) is 54.1 Å². The minimum absolute atomic E-state index is 0.955. The zero-order chi connectivity index (χ0) is 8.93. The second-order valence-electron chi connectivity index (χ2n) is 3.18. The Labute approximate surface area is 78.8 Å². The fourth-order valence-electron chi connectivity index (χ4n) is 1.39. The van der Waals surface area contributed by atoms with E-state index in [1.165, 1.54) is 11.3 Å². The maximum Gasteiger partial charge on any atom is 0.0366 e. The van der Waals surface area contributed by atoms with Crippen molar-refractivity contribution >= 4 is 5.69 Å². The van der Waals surface area contributed by atoms with Gasteiger partial charge in [0.1, 0.15) is 0 Å². The van der Waals surface area contributed by atoms with Gasteiger partial charge in [0.05, 0.1) is 0 Å². The lowest BCUT2D eigenvalue weighted by atomic mass is 10.2. The van der Waals surface area contributed by atoms with Crippen molar-refractivity contribution in [2.75, 3.05) is 11.9 Å². The average Bonchev–Trinajstić information content (AvgIpc) is 2.69. The van der Waals surface area contributed by atoms with E-state index in [4.69, 9.17) is 0 Å². The second-order valence-corrected chi connectivity index (χ2v) is 3.18. The zero-order valence-corrected chi connectivity index (χ0v) is 7.53. The van der Waals surface area contributed by atoms with Crippen molar-refractivity contribution in [2.24, 2.45) is 0 Å². The van der Waals surface area contributed by atoms with Gasteiger partial charge in [-0.1, -0.05) is 36.4 Å². The van der Waals surface area contributed by atoms with Gasteiger partial charge in [-0.15, -0.1) is 0 Å². The summed E-state index contributed by atoms with van der Waals surface area (Å²) in [5.74, 6) is 0. The van der Waals surface area contributed by atoms with Gasteiger partial charge in [-0.3, -0.25) is 0 Å². The standard InChI is InChI=1S/C12H13N/c1-2-8-12(9-3-1)13-10-11-6-4-5-7-11/h1-6,8-9,13H,7,10H2. The summed E-state index contributed by atoms with van der Waals surface area (Å²) in [7, 11) is 0. The summed E-state index contributed by atoms with van der Waals surface area (Å²) in [6.07, 6.45) is 7.57. The highest BCUT2D eigenvalue weighted by Crippen LogP contribution is 2.12. The first kappa shape index (κ1) is 8.11. The number of anilines is 1. The Morgan fingerprint density at radius 2 is 2.00 bits per heavy atom. The van der Waals surface area contributed by atoms with Crippen LogP contribution in [0.2, 0.25) is 0 Å². The molecule has 1 aliphatic carbocycles. The monoisotopic (exact) mass is 171 g/mol. The van der Waals surface area contributed by atoms with Crippen molar-refractivity contribution in [3.8, 4) is 0 Å². The third kappa shape index (κ3) is 2.22. The molecule has 13 heavy (non-hydrogen) atoms. The highest BCUT2D eigenvalue weighted by molar-refractivity contribution is 5.44. The fourth-order valence-corrected chi connectivity index (χ4v) is 1.39. The van der Waals surface area contributed by atoms with Gasteiger partial charge in [0, 0.05) is 12.2 Å². The van der Waals surface area contributed by atoms with Crippen molar-refractivity contribution in [3.63, 3.8) is 0 Å². The third-order valence-electron chi connectivity index (χ3n) is 2.14. The average molecular weight is 171 g/mol. The number of hydrogen-bond acceptors (Lipinski definition) is 1. The molecule has 1 N–H and O–H groups in total. The van der Waals surface area contributed by atoms with Gasteiger partial charge in [0.25, 0.3) is 0 Å². The van der Waals surface area contributed by atoms with E-state index in [1.54, 1.807) is 0 Å². The van der Waals surface area contributed by atoms with Crippen LogP contribution >= 0.6 is 0 Å². The second kappa shape index (κ2) is 3.94. The Balaban J connectivity index is 1.87. The number of rotatable bonds is 3. The molecule has 1 nitrogen and oxygen atoms in total. The van der Waals surface area contributed by atoms with E-state index in [0.29, 0.717) is 0 Å². The van der Waals surface area contributed by atoms with Crippen molar-refractivity contribution in [3.05, 3.63) is 54.1 Å².